The first-order chi connectivity index (χ1) is 7.54. The quantitative estimate of drug-likeness (QED) is 0.730. The Bertz CT molecular complexity index is 355. The Morgan fingerprint density at radius 2 is 2.19 bits per heavy atom. The van der Waals surface area contributed by atoms with Crippen molar-refractivity contribution < 1.29 is 5.11 Å². The van der Waals surface area contributed by atoms with Crippen LogP contribution in [-0.2, 0) is 0 Å². The number of nitrogens with two attached hydrogens (primary N) is 1. The van der Waals surface area contributed by atoms with Crippen molar-refractivity contribution >= 4 is 27.3 Å². The number of hydrogen-bond acceptors (Lipinski definition) is 3. The molecule has 0 saturated carbocycles. The van der Waals surface area contributed by atoms with Crippen molar-refractivity contribution in [1.82, 2.24) is 0 Å². The van der Waals surface area contributed by atoms with Crippen LogP contribution in [0.2, 0.25) is 0 Å². The third-order valence-corrected chi connectivity index (χ3v) is 3.28. The Kier molecular flexibility index (Phi) is 5.09. The molecule has 0 amide bonds. The fourth-order valence-electron chi connectivity index (χ4n) is 1.41. The van der Waals surface area contributed by atoms with E-state index in [1.54, 1.807) is 0 Å². The van der Waals surface area contributed by atoms with Crippen LogP contribution in [0.25, 0.3) is 0 Å². The van der Waals surface area contributed by atoms with Gasteiger partial charge in [-0.05, 0) is 53.4 Å². The lowest BCUT2D eigenvalue weighted by atomic mass is 10.1. The Labute approximate surface area is 105 Å². The number of halogens is 1. The highest BCUT2D eigenvalue weighted by molar-refractivity contribution is 9.10. The highest BCUT2D eigenvalue weighted by Crippen LogP contribution is 2.27. The van der Waals surface area contributed by atoms with Gasteiger partial charge in [-0.25, -0.2) is 0 Å². The normalized spacial score (nSPS) is 12.5. The molecule has 1 aromatic carbocycles. The monoisotopic (exact) mass is 286 g/mol. The second-order valence-corrected chi connectivity index (χ2v) is 4.82. The van der Waals surface area contributed by atoms with E-state index in [9.17, 15) is 5.11 Å². The van der Waals surface area contributed by atoms with Gasteiger partial charge >= 0.3 is 0 Å². The molecular weight excluding hydrogens is 268 g/mol. The maximum absolute atomic E-state index is 9.43. The third-order valence-electron chi connectivity index (χ3n) is 2.62. The van der Waals surface area contributed by atoms with Gasteiger partial charge in [0.1, 0.15) is 0 Å². The summed E-state index contributed by atoms with van der Waals surface area (Å²) in [6.45, 7) is 4.72. The number of rotatable bonds is 5. The summed E-state index contributed by atoms with van der Waals surface area (Å²) in [5.41, 5.74) is 8.65. The standard InChI is InChI=1S/C12H19BrN2O/c1-3-9(16)4-5-15-12-6-8(2)11(14)7-10(12)13/h6-7,9,15-16H,3-5,14H2,1-2H3. The van der Waals surface area contributed by atoms with Crippen LogP contribution in [0, 0.1) is 6.92 Å². The minimum absolute atomic E-state index is 0.221. The van der Waals surface area contributed by atoms with Crippen molar-refractivity contribution in [2.45, 2.75) is 32.8 Å². The number of nitrogen functional groups attached to an aromatic ring is 1. The van der Waals surface area contributed by atoms with Crippen LogP contribution in [0.4, 0.5) is 11.4 Å². The van der Waals surface area contributed by atoms with Gasteiger partial charge < -0.3 is 16.2 Å². The van der Waals surface area contributed by atoms with Crippen LogP contribution in [0.1, 0.15) is 25.3 Å². The summed E-state index contributed by atoms with van der Waals surface area (Å²) in [7, 11) is 0. The molecule has 0 fully saturated rings. The number of anilines is 2. The van der Waals surface area contributed by atoms with Gasteiger partial charge in [-0.15, -0.1) is 0 Å². The molecule has 0 saturated heterocycles. The van der Waals surface area contributed by atoms with Gasteiger partial charge in [0.15, 0.2) is 0 Å². The zero-order valence-corrected chi connectivity index (χ0v) is 11.3. The molecule has 90 valence electrons. The van der Waals surface area contributed by atoms with Crippen LogP contribution < -0.4 is 11.1 Å². The lowest BCUT2D eigenvalue weighted by molar-refractivity contribution is 0.164. The van der Waals surface area contributed by atoms with E-state index in [4.69, 9.17) is 5.73 Å². The van der Waals surface area contributed by atoms with Crippen molar-refractivity contribution in [2.24, 2.45) is 0 Å². The molecule has 0 aromatic heterocycles. The van der Waals surface area contributed by atoms with Crippen LogP contribution in [0.15, 0.2) is 16.6 Å². The molecule has 1 atom stereocenters. The lowest BCUT2D eigenvalue weighted by Crippen LogP contribution is -2.12. The minimum atomic E-state index is -0.221. The largest absolute Gasteiger partial charge is 0.398 e. The fourth-order valence-corrected chi connectivity index (χ4v) is 1.91. The van der Waals surface area contributed by atoms with Crippen molar-refractivity contribution in [3.8, 4) is 0 Å². The zero-order chi connectivity index (χ0) is 12.1. The van der Waals surface area contributed by atoms with Crippen molar-refractivity contribution in [3.63, 3.8) is 0 Å². The van der Waals surface area contributed by atoms with Crippen molar-refractivity contribution in [1.29, 1.82) is 0 Å². The molecule has 0 aliphatic heterocycles. The van der Waals surface area contributed by atoms with Crippen LogP contribution in [0.5, 0.6) is 0 Å². The molecular formula is C12H19BrN2O. The molecule has 16 heavy (non-hydrogen) atoms. The smallest absolute Gasteiger partial charge is 0.0554 e. The van der Waals surface area contributed by atoms with E-state index < -0.39 is 0 Å². The molecule has 4 N–H and O–H groups in total. The van der Waals surface area contributed by atoms with Crippen LogP contribution in [0.3, 0.4) is 0 Å². The van der Waals surface area contributed by atoms with Gasteiger partial charge in [0, 0.05) is 22.4 Å². The van der Waals surface area contributed by atoms with E-state index in [2.05, 4.69) is 21.2 Å². The molecule has 0 heterocycles. The highest BCUT2D eigenvalue weighted by Gasteiger charge is 2.04. The Balaban J connectivity index is 2.57. The summed E-state index contributed by atoms with van der Waals surface area (Å²) in [6.07, 6.45) is 1.33. The number of benzene rings is 1. The first-order valence-corrected chi connectivity index (χ1v) is 6.31. The van der Waals surface area contributed by atoms with E-state index >= 15 is 0 Å². The highest BCUT2D eigenvalue weighted by atomic mass is 79.9. The maximum Gasteiger partial charge on any atom is 0.0554 e. The lowest BCUT2D eigenvalue weighted by Gasteiger charge is -2.13. The molecule has 4 heteroatoms. The molecule has 1 rings (SSSR count). The first-order valence-electron chi connectivity index (χ1n) is 5.52. The Morgan fingerprint density at radius 3 is 2.81 bits per heavy atom. The van der Waals surface area contributed by atoms with Gasteiger partial charge in [-0.1, -0.05) is 6.92 Å². The molecule has 0 aliphatic carbocycles. The number of nitrogens with one attached hydrogen (secondary N) is 1. The molecule has 1 unspecified atom stereocenters. The number of aliphatic hydroxyl groups excluding tert-OH is 1. The maximum atomic E-state index is 9.43. The van der Waals surface area contributed by atoms with Crippen molar-refractivity contribution in [2.75, 3.05) is 17.6 Å². The van der Waals surface area contributed by atoms with Gasteiger partial charge in [-0.2, -0.15) is 0 Å². The molecule has 3 nitrogen and oxygen atoms in total. The number of aliphatic hydroxyl groups is 1. The predicted molar refractivity (Wildman–Crippen MR) is 72.7 cm³/mol. The molecule has 0 radical (unpaired) electrons. The van der Waals surface area contributed by atoms with Gasteiger partial charge in [0.2, 0.25) is 0 Å². The molecule has 0 spiro atoms. The van der Waals surface area contributed by atoms with Crippen molar-refractivity contribution in [3.05, 3.63) is 22.2 Å². The summed E-state index contributed by atoms with van der Waals surface area (Å²) >= 11 is 3.46. The van der Waals surface area contributed by atoms with E-state index in [1.807, 2.05) is 26.0 Å². The second kappa shape index (κ2) is 6.11. The zero-order valence-electron chi connectivity index (χ0n) is 9.76. The minimum Gasteiger partial charge on any atom is -0.398 e. The predicted octanol–water partition coefficient (Wildman–Crippen LogP) is 2.91. The van der Waals surface area contributed by atoms with E-state index in [-0.39, 0.29) is 6.10 Å². The summed E-state index contributed by atoms with van der Waals surface area (Å²) in [4.78, 5) is 0. The fraction of sp³-hybridized carbons (Fsp3) is 0.500. The third kappa shape index (κ3) is 3.68. The average Bonchev–Trinajstić information content (AvgIpc) is 2.25. The summed E-state index contributed by atoms with van der Waals surface area (Å²) in [5, 5.41) is 12.7. The van der Waals surface area contributed by atoms with Gasteiger partial charge in [0.25, 0.3) is 0 Å². The summed E-state index contributed by atoms with van der Waals surface area (Å²) in [5.74, 6) is 0. The summed E-state index contributed by atoms with van der Waals surface area (Å²) in [6, 6.07) is 3.91. The van der Waals surface area contributed by atoms with E-state index in [0.717, 1.165) is 40.8 Å². The molecule has 0 bridgehead atoms. The molecule has 1 aromatic rings. The van der Waals surface area contributed by atoms with E-state index in [0.29, 0.717) is 0 Å². The van der Waals surface area contributed by atoms with Gasteiger partial charge in [0.05, 0.1) is 6.10 Å². The molecule has 0 aliphatic rings. The average molecular weight is 287 g/mol. The van der Waals surface area contributed by atoms with Crippen LogP contribution in [-0.4, -0.2) is 17.8 Å². The number of hydrogen-bond donors (Lipinski definition) is 3. The Hall–Kier alpha value is -0.740. The topological polar surface area (TPSA) is 58.3 Å². The first kappa shape index (κ1) is 13.3. The Morgan fingerprint density at radius 1 is 1.50 bits per heavy atom. The second-order valence-electron chi connectivity index (χ2n) is 3.97. The van der Waals surface area contributed by atoms with Crippen LogP contribution >= 0.6 is 15.9 Å². The summed E-state index contributed by atoms with van der Waals surface area (Å²) < 4.78 is 0.960. The van der Waals surface area contributed by atoms with E-state index in [1.165, 1.54) is 0 Å². The number of aryl methyl sites for hydroxylation is 1. The van der Waals surface area contributed by atoms with Gasteiger partial charge in [-0.3, -0.25) is 0 Å². The SMILES string of the molecule is CCC(O)CCNc1cc(C)c(N)cc1Br.